The van der Waals surface area contributed by atoms with Gasteiger partial charge in [0, 0.05) is 12.8 Å². The highest BCUT2D eigenvalue weighted by Gasteiger charge is 2.43. The van der Waals surface area contributed by atoms with Gasteiger partial charge in [-0.25, -0.2) is 0 Å². The topological polar surface area (TPSA) is 89.0 Å². The molecule has 2 saturated heterocycles. The molecule has 2 atom stereocenters. The van der Waals surface area contributed by atoms with Gasteiger partial charge >= 0.3 is 0 Å². The van der Waals surface area contributed by atoms with E-state index in [9.17, 15) is 0 Å². The molecule has 0 radical (unpaired) electrons. The van der Waals surface area contributed by atoms with Crippen molar-refractivity contribution in [1.82, 2.24) is 0 Å². The number of ether oxygens (including phenoxy) is 4. The first-order valence-electron chi connectivity index (χ1n) is 7.27. The van der Waals surface area contributed by atoms with Gasteiger partial charge in [-0.2, -0.15) is 0 Å². The summed E-state index contributed by atoms with van der Waals surface area (Å²) in [4.78, 5) is 0. The van der Waals surface area contributed by atoms with Crippen LogP contribution in [-0.4, -0.2) is 44.7 Å². The van der Waals surface area contributed by atoms with Gasteiger partial charge in [-0.15, -0.1) is 0 Å². The second kappa shape index (κ2) is 7.52. The Kier molecular flexibility index (Phi) is 6.00. The lowest BCUT2D eigenvalue weighted by atomic mass is 10.1. The van der Waals surface area contributed by atoms with Gasteiger partial charge in [-0.1, -0.05) is 0 Å². The predicted octanol–water partition coefficient (Wildman–Crippen LogP) is 0.687. The molecular weight excluding hydrogens is 248 g/mol. The Labute approximate surface area is 114 Å². The first-order valence-corrected chi connectivity index (χ1v) is 7.27. The fourth-order valence-electron chi connectivity index (χ4n) is 2.48. The molecule has 2 heterocycles. The van der Waals surface area contributed by atoms with Crippen LogP contribution < -0.4 is 11.5 Å². The van der Waals surface area contributed by atoms with E-state index in [2.05, 4.69) is 0 Å². The highest BCUT2D eigenvalue weighted by molar-refractivity contribution is 4.78. The summed E-state index contributed by atoms with van der Waals surface area (Å²) in [6.07, 6.45) is 4.53. The maximum atomic E-state index is 6.02. The second-order valence-electron chi connectivity index (χ2n) is 5.11. The van der Waals surface area contributed by atoms with E-state index < -0.39 is 5.79 Å². The van der Waals surface area contributed by atoms with Crippen LogP contribution in [0.2, 0.25) is 0 Å². The van der Waals surface area contributed by atoms with Crippen LogP contribution in [0.15, 0.2) is 0 Å². The number of hydrogen-bond donors (Lipinski definition) is 2. The van der Waals surface area contributed by atoms with Crippen molar-refractivity contribution in [3.8, 4) is 0 Å². The minimum absolute atomic E-state index is 0.203. The zero-order valence-corrected chi connectivity index (χ0v) is 11.5. The van der Waals surface area contributed by atoms with Gasteiger partial charge in [0.1, 0.15) is 0 Å². The van der Waals surface area contributed by atoms with E-state index in [-0.39, 0.29) is 12.6 Å². The number of nitrogens with two attached hydrogens (primary N) is 2. The zero-order valence-electron chi connectivity index (χ0n) is 11.5. The van der Waals surface area contributed by atoms with Crippen molar-refractivity contribution in [1.29, 1.82) is 0 Å². The van der Waals surface area contributed by atoms with Gasteiger partial charge in [0.25, 0.3) is 0 Å². The fraction of sp³-hybridized carbons (Fsp3) is 1.00. The molecule has 0 aromatic heterocycles. The average molecular weight is 274 g/mol. The van der Waals surface area contributed by atoms with Crippen LogP contribution in [0.25, 0.3) is 0 Å². The van der Waals surface area contributed by atoms with Crippen molar-refractivity contribution in [2.75, 3.05) is 26.3 Å². The Hall–Kier alpha value is -0.240. The maximum Gasteiger partial charge on any atom is 0.178 e. The van der Waals surface area contributed by atoms with E-state index >= 15 is 0 Å². The third-order valence-corrected chi connectivity index (χ3v) is 3.55. The first kappa shape index (κ1) is 15.2. The summed E-state index contributed by atoms with van der Waals surface area (Å²) in [7, 11) is 0. The molecule has 6 nitrogen and oxygen atoms in total. The lowest BCUT2D eigenvalue weighted by molar-refractivity contribution is -0.408. The minimum atomic E-state index is -0.533. The van der Waals surface area contributed by atoms with E-state index in [1.807, 2.05) is 0 Å². The fourth-order valence-corrected chi connectivity index (χ4v) is 2.48. The average Bonchev–Trinajstić information content (AvgIpc) is 2.43. The third-order valence-electron chi connectivity index (χ3n) is 3.55. The van der Waals surface area contributed by atoms with Gasteiger partial charge in [0.2, 0.25) is 0 Å². The third kappa shape index (κ3) is 4.37. The van der Waals surface area contributed by atoms with E-state index in [1.165, 1.54) is 0 Å². The molecule has 0 aliphatic carbocycles. The van der Waals surface area contributed by atoms with E-state index in [1.54, 1.807) is 0 Å². The smallest absolute Gasteiger partial charge is 0.178 e. The second-order valence-corrected chi connectivity index (χ2v) is 5.11. The molecule has 1 spiro atoms. The molecule has 0 aromatic carbocycles. The molecule has 2 aliphatic heterocycles. The lowest BCUT2D eigenvalue weighted by Crippen LogP contribution is -2.52. The normalized spacial score (nSPS) is 35.7. The standard InChI is InChI=1S/C13H26N2O4/c14-7-1-3-11-16-9-5-13(18-11)6-10-17-12(19-13)4-2-8-15/h11-12H,1-10,14-15H2. The molecule has 2 fully saturated rings. The molecule has 19 heavy (non-hydrogen) atoms. The van der Waals surface area contributed by atoms with E-state index in [0.717, 1.165) is 38.5 Å². The molecule has 2 rings (SSSR count). The minimum Gasteiger partial charge on any atom is -0.352 e. The van der Waals surface area contributed by atoms with Crippen LogP contribution in [0.4, 0.5) is 0 Å². The van der Waals surface area contributed by atoms with Gasteiger partial charge in [0.15, 0.2) is 18.4 Å². The molecule has 2 unspecified atom stereocenters. The molecule has 0 amide bonds. The summed E-state index contributed by atoms with van der Waals surface area (Å²) in [5, 5.41) is 0. The predicted molar refractivity (Wildman–Crippen MR) is 70.2 cm³/mol. The largest absolute Gasteiger partial charge is 0.352 e. The summed E-state index contributed by atoms with van der Waals surface area (Å²) >= 11 is 0. The summed E-state index contributed by atoms with van der Waals surface area (Å²) in [6, 6.07) is 0. The molecule has 0 aromatic rings. The highest BCUT2D eigenvalue weighted by atomic mass is 16.8. The van der Waals surface area contributed by atoms with Crippen LogP contribution in [0.1, 0.15) is 38.5 Å². The van der Waals surface area contributed by atoms with Crippen molar-refractivity contribution in [2.45, 2.75) is 56.9 Å². The van der Waals surface area contributed by atoms with Crippen molar-refractivity contribution < 1.29 is 18.9 Å². The quantitative estimate of drug-likeness (QED) is 0.740. The SMILES string of the molecule is NCCCC1OCCC2(CCOC(CCCN)O2)O1. The molecule has 112 valence electrons. The molecule has 0 bridgehead atoms. The zero-order chi connectivity index (χ0) is 13.6. The van der Waals surface area contributed by atoms with Gasteiger partial charge in [-0.3, -0.25) is 0 Å². The van der Waals surface area contributed by atoms with Crippen molar-refractivity contribution in [3.63, 3.8) is 0 Å². The van der Waals surface area contributed by atoms with Crippen molar-refractivity contribution >= 4 is 0 Å². The number of hydrogen-bond acceptors (Lipinski definition) is 6. The molecular formula is C13H26N2O4. The summed E-state index contributed by atoms with van der Waals surface area (Å²) < 4.78 is 23.2. The molecule has 0 saturated carbocycles. The van der Waals surface area contributed by atoms with E-state index in [0.29, 0.717) is 26.3 Å². The Morgan fingerprint density at radius 1 is 0.842 bits per heavy atom. The van der Waals surface area contributed by atoms with Gasteiger partial charge < -0.3 is 30.4 Å². The molecule has 4 N–H and O–H groups in total. The lowest BCUT2D eigenvalue weighted by Gasteiger charge is -2.45. The summed E-state index contributed by atoms with van der Waals surface area (Å²) in [5.74, 6) is -0.533. The Morgan fingerprint density at radius 3 is 1.74 bits per heavy atom. The Balaban J connectivity index is 1.85. The molecule has 6 heteroatoms. The van der Waals surface area contributed by atoms with Crippen LogP contribution in [0.5, 0.6) is 0 Å². The van der Waals surface area contributed by atoms with Crippen LogP contribution >= 0.6 is 0 Å². The van der Waals surface area contributed by atoms with Gasteiger partial charge in [-0.05, 0) is 38.8 Å². The summed E-state index contributed by atoms with van der Waals surface area (Å²) in [6.45, 7) is 2.64. The first-order chi connectivity index (χ1) is 9.28. The van der Waals surface area contributed by atoms with Crippen LogP contribution in [0, 0.1) is 0 Å². The number of rotatable bonds is 6. The highest BCUT2D eigenvalue weighted by Crippen LogP contribution is 2.35. The van der Waals surface area contributed by atoms with Crippen molar-refractivity contribution in [3.05, 3.63) is 0 Å². The monoisotopic (exact) mass is 274 g/mol. The molecule has 2 aliphatic rings. The summed E-state index contributed by atoms with van der Waals surface area (Å²) in [5.41, 5.74) is 11.0. The Bertz CT molecular complexity index is 239. The Morgan fingerprint density at radius 2 is 1.32 bits per heavy atom. The van der Waals surface area contributed by atoms with E-state index in [4.69, 9.17) is 30.4 Å². The van der Waals surface area contributed by atoms with Crippen molar-refractivity contribution in [2.24, 2.45) is 11.5 Å². The van der Waals surface area contributed by atoms with Crippen LogP contribution in [0.3, 0.4) is 0 Å². The van der Waals surface area contributed by atoms with Crippen LogP contribution in [-0.2, 0) is 18.9 Å². The van der Waals surface area contributed by atoms with Gasteiger partial charge in [0.05, 0.1) is 13.2 Å². The maximum absolute atomic E-state index is 6.02.